The van der Waals surface area contributed by atoms with E-state index < -0.39 is 0 Å². The van der Waals surface area contributed by atoms with E-state index in [1.807, 2.05) is 56.3 Å². The van der Waals surface area contributed by atoms with Crippen LogP contribution in [0, 0.1) is 0 Å². The van der Waals surface area contributed by atoms with E-state index in [0.29, 0.717) is 30.2 Å². The second-order valence-corrected chi connectivity index (χ2v) is 8.72. The Kier molecular flexibility index (Phi) is 6.70. The number of tetrazole rings is 1. The molecule has 5 rings (SSSR count). The molecule has 0 unspecified atom stereocenters. The van der Waals surface area contributed by atoms with E-state index in [1.165, 1.54) is 5.56 Å². The fraction of sp³-hybridized carbons (Fsp3) is 0.222. The summed E-state index contributed by atoms with van der Waals surface area (Å²) in [6, 6.07) is 25.4. The van der Waals surface area contributed by atoms with E-state index in [1.54, 1.807) is 28.9 Å². The fourth-order valence-corrected chi connectivity index (χ4v) is 4.05. The van der Waals surface area contributed by atoms with E-state index in [0.717, 1.165) is 16.9 Å². The Balaban J connectivity index is 1.29. The van der Waals surface area contributed by atoms with Gasteiger partial charge in [-0.25, -0.2) is 9.67 Å². The number of imidazole rings is 1. The highest BCUT2D eigenvalue weighted by Gasteiger charge is 2.14. The van der Waals surface area contributed by atoms with Gasteiger partial charge in [0.15, 0.2) is 5.82 Å². The first-order valence-corrected chi connectivity index (χ1v) is 11.8. The molecule has 182 valence electrons. The average molecular weight is 482 g/mol. The fourth-order valence-electron chi connectivity index (χ4n) is 4.05. The number of rotatable bonds is 9. The van der Waals surface area contributed by atoms with Crippen molar-refractivity contribution in [1.29, 1.82) is 0 Å². The summed E-state index contributed by atoms with van der Waals surface area (Å²) in [6.07, 6.45) is 0. The number of hydrogen-bond donors (Lipinski definition) is 1. The highest BCUT2D eigenvalue weighted by atomic mass is 16.5. The number of aromatic nitrogens is 6. The number of para-hydroxylation sites is 2. The smallest absolute Gasteiger partial charge is 0.251 e. The zero-order valence-corrected chi connectivity index (χ0v) is 20.2. The Morgan fingerprint density at radius 1 is 0.972 bits per heavy atom. The monoisotopic (exact) mass is 481 g/mol. The largest absolute Gasteiger partial charge is 0.486 e. The molecule has 1 amide bonds. The number of hydrogen-bond acceptors (Lipinski definition) is 6. The minimum absolute atomic E-state index is 0.127. The van der Waals surface area contributed by atoms with E-state index >= 15 is 0 Å². The third-order valence-electron chi connectivity index (χ3n) is 5.84. The average Bonchev–Trinajstić information content (AvgIpc) is 3.52. The zero-order chi connectivity index (χ0) is 24.9. The van der Waals surface area contributed by atoms with Crippen molar-refractivity contribution in [2.24, 2.45) is 0 Å². The van der Waals surface area contributed by atoms with Gasteiger partial charge in [0.25, 0.3) is 5.91 Å². The normalized spacial score (nSPS) is 11.2. The summed E-state index contributed by atoms with van der Waals surface area (Å²) >= 11 is 0. The Bertz CT molecular complexity index is 1470. The Morgan fingerprint density at radius 2 is 1.78 bits per heavy atom. The lowest BCUT2D eigenvalue weighted by atomic mass is 10.2. The van der Waals surface area contributed by atoms with Crippen molar-refractivity contribution in [2.45, 2.75) is 39.6 Å². The maximum absolute atomic E-state index is 13.0. The summed E-state index contributed by atoms with van der Waals surface area (Å²) in [5.41, 5.74) is 3.60. The van der Waals surface area contributed by atoms with Gasteiger partial charge in [-0.1, -0.05) is 48.5 Å². The van der Waals surface area contributed by atoms with Crippen LogP contribution in [0.3, 0.4) is 0 Å². The van der Waals surface area contributed by atoms with Crippen LogP contribution in [0.15, 0.2) is 78.9 Å². The van der Waals surface area contributed by atoms with Crippen LogP contribution in [0.1, 0.15) is 47.5 Å². The first kappa shape index (κ1) is 23.2. The molecule has 0 aliphatic carbocycles. The molecule has 0 saturated carbocycles. The van der Waals surface area contributed by atoms with Crippen molar-refractivity contribution < 1.29 is 9.53 Å². The highest BCUT2D eigenvalue weighted by molar-refractivity contribution is 5.94. The number of carbonyl (C=O) groups is 1. The molecule has 0 aliphatic heterocycles. The molecule has 0 fully saturated rings. The van der Waals surface area contributed by atoms with Gasteiger partial charge < -0.3 is 14.6 Å². The van der Waals surface area contributed by atoms with E-state index in [9.17, 15) is 4.79 Å². The molecule has 2 heterocycles. The number of amides is 1. The molecular weight excluding hydrogens is 454 g/mol. The first-order valence-electron chi connectivity index (χ1n) is 11.8. The van der Waals surface area contributed by atoms with Gasteiger partial charge in [-0.3, -0.25) is 4.79 Å². The number of nitrogens with one attached hydrogen (secondary N) is 1. The molecule has 0 saturated heterocycles. The number of nitrogens with zero attached hydrogens (tertiary/aromatic N) is 6. The van der Waals surface area contributed by atoms with Crippen LogP contribution in [-0.2, 0) is 19.7 Å². The zero-order valence-electron chi connectivity index (χ0n) is 20.2. The van der Waals surface area contributed by atoms with Gasteiger partial charge in [-0.05, 0) is 60.2 Å². The van der Waals surface area contributed by atoms with E-state index in [2.05, 4.69) is 37.5 Å². The molecule has 0 atom stereocenters. The molecule has 0 spiro atoms. The quantitative estimate of drug-likeness (QED) is 0.339. The molecule has 0 bridgehead atoms. The van der Waals surface area contributed by atoms with Crippen LogP contribution >= 0.6 is 0 Å². The van der Waals surface area contributed by atoms with E-state index in [-0.39, 0.29) is 18.6 Å². The van der Waals surface area contributed by atoms with Gasteiger partial charge >= 0.3 is 0 Å². The molecule has 2 aromatic heterocycles. The van der Waals surface area contributed by atoms with Crippen molar-refractivity contribution in [3.8, 4) is 5.75 Å². The maximum Gasteiger partial charge on any atom is 0.251 e. The Morgan fingerprint density at radius 3 is 2.61 bits per heavy atom. The van der Waals surface area contributed by atoms with Crippen molar-refractivity contribution in [3.63, 3.8) is 0 Å². The number of fused-ring (bicyclic) bond motifs is 1. The molecule has 0 radical (unpaired) electrons. The van der Waals surface area contributed by atoms with Gasteiger partial charge in [0, 0.05) is 12.1 Å². The lowest BCUT2D eigenvalue weighted by molar-refractivity contribution is 0.0949. The van der Waals surface area contributed by atoms with Crippen LogP contribution < -0.4 is 10.1 Å². The molecule has 36 heavy (non-hydrogen) atoms. The minimum atomic E-state index is -0.203. The van der Waals surface area contributed by atoms with Crippen molar-refractivity contribution in [3.05, 3.63) is 102 Å². The van der Waals surface area contributed by atoms with Crippen LogP contribution in [0.4, 0.5) is 0 Å². The molecule has 1 N–H and O–H groups in total. The van der Waals surface area contributed by atoms with Crippen LogP contribution in [0.25, 0.3) is 11.0 Å². The summed E-state index contributed by atoms with van der Waals surface area (Å²) in [5.74, 6) is 1.78. The summed E-state index contributed by atoms with van der Waals surface area (Å²) in [4.78, 5) is 17.8. The number of ether oxygens (including phenoxy) is 1. The van der Waals surface area contributed by atoms with Gasteiger partial charge in [-0.2, -0.15) is 0 Å². The highest BCUT2D eigenvalue weighted by Crippen LogP contribution is 2.19. The molecule has 5 aromatic rings. The van der Waals surface area contributed by atoms with Gasteiger partial charge in [0.1, 0.15) is 18.2 Å². The van der Waals surface area contributed by atoms with Crippen molar-refractivity contribution in [1.82, 2.24) is 35.1 Å². The summed E-state index contributed by atoms with van der Waals surface area (Å²) in [6.45, 7) is 5.18. The predicted octanol–water partition coefficient (Wildman–Crippen LogP) is 4.16. The molecule has 0 aliphatic rings. The molecule has 3 aromatic carbocycles. The van der Waals surface area contributed by atoms with E-state index in [4.69, 9.17) is 9.72 Å². The third-order valence-corrected chi connectivity index (χ3v) is 5.84. The first-order chi connectivity index (χ1) is 17.6. The predicted molar refractivity (Wildman–Crippen MR) is 135 cm³/mol. The SMILES string of the molecule is CC(C)n1nnnc1COc1cccc(C(=O)NCc2nc3ccccc3n2Cc2ccccc2)c1. The number of carbonyl (C=O) groups excluding carboxylic acids is 1. The summed E-state index contributed by atoms with van der Waals surface area (Å²) in [5, 5.41) is 14.7. The second-order valence-electron chi connectivity index (χ2n) is 8.72. The van der Waals surface area contributed by atoms with Gasteiger partial charge in [-0.15, -0.1) is 5.10 Å². The Hall–Kier alpha value is -4.53. The standard InChI is InChI=1S/C27H27N7O2/c1-19(2)34-26(30-31-32-34)18-36-22-12-8-11-21(15-22)27(35)28-16-25-29-23-13-6-7-14-24(23)33(25)17-20-9-4-3-5-10-20/h3-15,19H,16-18H2,1-2H3,(H,28,35). The Labute approximate surface area is 208 Å². The van der Waals surface area contributed by atoms with Crippen LogP contribution in [0.5, 0.6) is 5.75 Å². The molecular formula is C27H27N7O2. The lowest BCUT2D eigenvalue weighted by Gasteiger charge is -2.12. The summed E-state index contributed by atoms with van der Waals surface area (Å²) < 4.78 is 9.71. The third kappa shape index (κ3) is 5.10. The van der Waals surface area contributed by atoms with Crippen molar-refractivity contribution >= 4 is 16.9 Å². The summed E-state index contributed by atoms with van der Waals surface area (Å²) in [7, 11) is 0. The minimum Gasteiger partial charge on any atom is -0.486 e. The van der Waals surface area contributed by atoms with Crippen LogP contribution in [-0.4, -0.2) is 35.7 Å². The van der Waals surface area contributed by atoms with Crippen molar-refractivity contribution in [2.75, 3.05) is 0 Å². The van der Waals surface area contributed by atoms with Gasteiger partial charge in [0.05, 0.1) is 23.6 Å². The maximum atomic E-state index is 13.0. The lowest BCUT2D eigenvalue weighted by Crippen LogP contribution is -2.25. The van der Waals surface area contributed by atoms with Crippen LogP contribution in [0.2, 0.25) is 0 Å². The topological polar surface area (TPSA) is 99.8 Å². The molecule has 9 nitrogen and oxygen atoms in total. The molecule has 9 heteroatoms. The number of benzene rings is 3. The second kappa shape index (κ2) is 10.4. The van der Waals surface area contributed by atoms with Gasteiger partial charge in [0.2, 0.25) is 0 Å².